The summed E-state index contributed by atoms with van der Waals surface area (Å²) in [5.41, 5.74) is 8.74. The normalized spacial score (nSPS) is 14.7. The molecule has 0 saturated carbocycles. The van der Waals surface area contributed by atoms with Gasteiger partial charge in [-0.1, -0.05) is 0 Å². The fraction of sp³-hybridized carbons (Fsp3) is 0.0323. The molecule has 36 heteroatoms. The summed E-state index contributed by atoms with van der Waals surface area (Å²) in [5.74, 6) is -2.59. The van der Waals surface area contributed by atoms with Crippen LogP contribution in [0.25, 0.3) is 32.3 Å². The van der Waals surface area contributed by atoms with Gasteiger partial charge in [-0.3, -0.25) is 13.7 Å². The van der Waals surface area contributed by atoms with Gasteiger partial charge < -0.3 is 62.7 Å². The van der Waals surface area contributed by atoms with E-state index in [0.717, 1.165) is 19.2 Å². The second kappa shape index (κ2) is 17.0. The molecule has 30 nitrogen and oxygen atoms in total. The first-order valence-electron chi connectivity index (χ1n) is 17.3. The van der Waals surface area contributed by atoms with Crippen molar-refractivity contribution in [1.29, 1.82) is 5.52 Å². The van der Waals surface area contributed by atoms with Crippen molar-refractivity contribution in [2.75, 3.05) is 18.5 Å². The van der Waals surface area contributed by atoms with Gasteiger partial charge in [-0.15, -0.1) is 10.2 Å². The van der Waals surface area contributed by atoms with Crippen LogP contribution in [0.4, 0.5) is 45.5 Å². The predicted molar refractivity (Wildman–Crippen MR) is 238 cm³/mol. The first-order valence-corrected chi connectivity index (χ1v) is 25.7. The summed E-state index contributed by atoms with van der Waals surface area (Å²) in [7, 11) is -30.1. The van der Waals surface area contributed by atoms with Gasteiger partial charge in [-0.05, 0) is 48.5 Å². The second-order valence-electron chi connectivity index (χ2n) is 13.4. The van der Waals surface area contributed by atoms with Gasteiger partial charge in [-0.25, -0.2) is 5.52 Å². The van der Waals surface area contributed by atoms with Crippen LogP contribution in [0.2, 0.25) is 1.41 Å². The largest absolute Gasteiger partial charge is 0.505 e. The van der Waals surface area contributed by atoms with E-state index in [1.807, 2.05) is 0 Å². The van der Waals surface area contributed by atoms with Crippen molar-refractivity contribution in [3.63, 3.8) is 0 Å². The van der Waals surface area contributed by atoms with Crippen molar-refractivity contribution in [3.05, 3.63) is 48.5 Å². The number of benzene rings is 6. The number of aromatic hydroxyl groups is 2. The van der Waals surface area contributed by atoms with Crippen molar-refractivity contribution >= 4 is 141 Å². The highest BCUT2D eigenvalue weighted by molar-refractivity contribution is 8.20. The maximum atomic E-state index is 12.9. The molecule has 6 aromatic rings. The number of rotatable bonds is 12. The van der Waals surface area contributed by atoms with E-state index >= 15 is 0 Å². The Morgan fingerprint density at radius 1 is 0.463 bits per heavy atom. The van der Waals surface area contributed by atoms with Crippen LogP contribution in [0.15, 0.2) is 114 Å². The molecule has 0 spiro atoms. The van der Waals surface area contributed by atoms with Crippen LogP contribution in [0.3, 0.4) is 0 Å². The molecule has 360 valence electrons. The van der Waals surface area contributed by atoms with Crippen LogP contribution >= 0.6 is 32.6 Å². The van der Waals surface area contributed by atoms with Gasteiger partial charge in [0.25, 0.3) is 30.4 Å². The van der Waals surface area contributed by atoms with Crippen LogP contribution in [-0.4, -0.2) is 97.1 Å². The highest BCUT2D eigenvalue weighted by atomic mass is 32.3. The summed E-state index contributed by atoms with van der Waals surface area (Å²) in [5, 5.41) is 43.3. The number of nitrogen functional groups attached to an aromatic ring is 2. The maximum Gasteiger partial charge on any atom is 0.296 e. The van der Waals surface area contributed by atoms with Crippen molar-refractivity contribution in [1.82, 2.24) is 0 Å². The SMILES string of the molecule is [2H]N=Nc1cc(S(=O)(=O)O)c2cc(S(O)(O)O)c(N=Nc3cc(S(=O)(=O)O)c4cc(N=Nc5c(S(=O)(=O)O)cc6c(S(O)(O)O)cc(N=NC)c(N)c6c5O)cc(S(O)(O)O)c4c3)c(O)c2c1N. The fourth-order valence-corrected chi connectivity index (χ4v) is 10.7. The van der Waals surface area contributed by atoms with Gasteiger partial charge in [0, 0.05) is 28.6 Å². The third kappa shape index (κ3) is 9.64. The molecule has 0 radical (unpaired) electrons. The molecule has 0 heterocycles. The summed E-state index contributed by atoms with van der Waals surface area (Å²) in [6.45, 7) is 0. The van der Waals surface area contributed by atoms with E-state index in [2.05, 4.69) is 41.3 Å². The number of anilines is 2. The Labute approximate surface area is 379 Å². The second-order valence-corrected chi connectivity index (χ2v) is 22.0. The molecule has 0 saturated heterocycles. The van der Waals surface area contributed by atoms with Crippen molar-refractivity contribution in [2.24, 2.45) is 35.8 Å². The Morgan fingerprint density at radius 3 is 1.28 bits per heavy atom. The molecule has 6 aromatic carbocycles. The lowest BCUT2D eigenvalue weighted by Crippen LogP contribution is -2.03. The van der Waals surface area contributed by atoms with Gasteiger partial charge in [0.1, 0.15) is 70.0 Å². The van der Waals surface area contributed by atoms with Crippen molar-refractivity contribution in [3.8, 4) is 11.5 Å². The molecule has 0 unspecified atom stereocenters. The molecule has 19 N–H and O–H groups in total. The van der Waals surface area contributed by atoms with Gasteiger partial charge in [0.2, 0.25) is 1.41 Å². The zero-order valence-corrected chi connectivity index (χ0v) is 37.4. The Morgan fingerprint density at radius 2 is 0.836 bits per heavy atom. The number of phenolic OH excluding ortho intramolecular Hbond substituents is 2. The quantitative estimate of drug-likeness (QED) is 0.0308. The minimum absolute atomic E-state index is 0.411. The number of hydrogen-bond donors (Lipinski definition) is 17. The summed E-state index contributed by atoms with van der Waals surface area (Å²) in [4.78, 5) is -6.78. The lowest BCUT2D eigenvalue weighted by molar-refractivity contribution is 0.374. The zero-order chi connectivity index (χ0) is 51.0. The summed E-state index contributed by atoms with van der Waals surface area (Å²) in [6.07, 6.45) is 0. The van der Waals surface area contributed by atoms with Gasteiger partial charge in [0.15, 0.2) is 11.5 Å². The van der Waals surface area contributed by atoms with Crippen LogP contribution in [-0.2, 0) is 30.4 Å². The number of hydrogen-bond acceptors (Lipinski definition) is 27. The Bertz CT molecular complexity index is 3640. The third-order valence-corrected chi connectivity index (χ3v) is 14.6. The highest BCUT2D eigenvalue weighted by Gasteiger charge is 2.33. The van der Waals surface area contributed by atoms with E-state index in [0.29, 0.717) is 36.4 Å². The van der Waals surface area contributed by atoms with E-state index in [-0.39, 0.29) is 0 Å². The molecule has 0 aromatic heterocycles. The van der Waals surface area contributed by atoms with E-state index < -0.39 is 182 Å². The van der Waals surface area contributed by atoms with E-state index in [1.54, 1.807) is 0 Å². The molecule has 67 heavy (non-hydrogen) atoms. The van der Waals surface area contributed by atoms with E-state index in [4.69, 9.17) is 12.9 Å². The van der Waals surface area contributed by atoms with Gasteiger partial charge in [-0.2, -0.15) is 50.8 Å². The average molecular weight is 1060 g/mol. The number of azo groups is 3. The molecule has 6 rings (SSSR count). The summed E-state index contributed by atoms with van der Waals surface area (Å²) >= 11 is 0. The first kappa shape index (κ1) is 49.0. The number of nitrogens with zero attached hydrogens (tertiary/aromatic N) is 7. The number of fused-ring (bicyclic) bond motifs is 3. The molecule has 0 aliphatic rings. The minimum atomic E-state index is -5.52. The number of phenols is 2. The monoisotopic (exact) mass is 1060 g/mol. The van der Waals surface area contributed by atoms with Crippen LogP contribution < -0.4 is 11.5 Å². The molecule has 0 aliphatic heterocycles. The molecule has 0 fully saturated rings. The molecule has 0 atom stereocenters. The lowest BCUT2D eigenvalue weighted by atomic mass is 10.0. The Kier molecular flexibility index (Phi) is 12.5. The molecule has 0 aliphatic carbocycles. The minimum Gasteiger partial charge on any atom is -0.505 e. The smallest absolute Gasteiger partial charge is 0.296 e. The highest BCUT2D eigenvalue weighted by Crippen LogP contribution is 2.58. The van der Waals surface area contributed by atoms with Crippen molar-refractivity contribution in [2.45, 2.75) is 29.4 Å². The standard InChI is InChI=1S/C31H30N10O20S6/c1-35-39-17-9-21(65(53,54)55)15-7-23(67(59,60)61)29(31(43)25(15)27(17)33)41-38-11-3-13-12(19(5-11)63(47,48)49)2-10(4-18(13)62(44,45)46)37-40-28-22(66(56,57)58)6-14-20(64(50,51)52)8-16(36-34)26(32)24(14)30(28)42/h2-9,34,42-43,47-49,53-58H,32-33H2,1H3,(H,44,45,46)(H,50,51,52)(H,59,60,61)/i/hD. The molecular weight excluding hydrogens is 1020 g/mol. The van der Waals surface area contributed by atoms with E-state index in [9.17, 15) is 90.1 Å². The maximum absolute atomic E-state index is 12.9. The summed E-state index contributed by atoms with van der Waals surface area (Å²) < 4.78 is 206. The van der Waals surface area contributed by atoms with Gasteiger partial charge in [0.05, 0.1) is 48.2 Å². The van der Waals surface area contributed by atoms with Gasteiger partial charge >= 0.3 is 0 Å². The first-order chi connectivity index (χ1) is 31.1. The third-order valence-electron chi connectivity index (χ3n) is 9.16. The molecule has 0 bridgehead atoms. The molecule has 0 amide bonds. The lowest BCUT2D eigenvalue weighted by Gasteiger charge is -2.23. The Hall–Kier alpha value is -5.88. The number of nitrogens with two attached hydrogens (primary N) is 2. The van der Waals surface area contributed by atoms with Crippen molar-refractivity contribution < 1.29 is 91.5 Å². The van der Waals surface area contributed by atoms with Crippen LogP contribution in [0.1, 0.15) is 0 Å². The predicted octanol–water partition coefficient (Wildman–Crippen LogP) is 9.42. The van der Waals surface area contributed by atoms with E-state index in [1.165, 1.54) is 0 Å². The number of nitrogens with one attached hydrogen (secondary N) is 1. The zero-order valence-electron chi connectivity index (χ0n) is 33.5. The summed E-state index contributed by atoms with van der Waals surface area (Å²) in [6, 6.07) is 4.87. The average Bonchev–Trinajstić information content (AvgIpc) is 3.18. The molecular formula is C31H30N10O20S6. The topological polar surface area (TPSA) is 548 Å². The Balaban J connectivity index is 1.63. The van der Waals surface area contributed by atoms with Crippen LogP contribution in [0, 0.1) is 5.52 Å². The van der Waals surface area contributed by atoms with Crippen LogP contribution in [0.5, 0.6) is 11.5 Å². The fourth-order valence-electron chi connectivity index (χ4n) is 6.47.